The van der Waals surface area contributed by atoms with Crippen LogP contribution < -0.4 is 5.32 Å². The molecule has 1 aliphatic carbocycles. The third-order valence-electron chi connectivity index (χ3n) is 5.57. The molecule has 6 heteroatoms. The van der Waals surface area contributed by atoms with E-state index in [2.05, 4.69) is 21.8 Å². The van der Waals surface area contributed by atoms with Crippen LogP contribution in [0.25, 0.3) is 0 Å². The molecule has 2 aromatic rings. The van der Waals surface area contributed by atoms with Crippen LogP contribution in [0.15, 0.2) is 24.4 Å². The van der Waals surface area contributed by atoms with Crippen molar-refractivity contribution in [3.05, 3.63) is 46.9 Å². The highest BCUT2D eigenvalue weighted by Crippen LogP contribution is 2.32. The molecule has 1 saturated carbocycles. The number of carbonyl (C=O) groups excluding carboxylic acids is 2. The Morgan fingerprint density at radius 1 is 1.18 bits per heavy atom. The van der Waals surface area contributed by atoms with Crippen molar-refractivity contribution in [3.8, 4) is 0 Å². The normalized spacial score (nSPS) is 14.7. The average molecular weight is 383 g/mol. The topological polar surface area (TPSA) is 67.2 Å². The van der Waals surface area contributed by atoms with Crippen LogP contribution in [0, 0.1) is 20.8 Å². The van der Waals surface area contributed by atoms with Gasteiger partial charge in [0.05, 0.1) is 12.1 Å². The summed E-state index contributed by atoms with van der Waals surface area (Å²) in [4.78, 5) is 30.9. The van der Waals surface area contributed by atoms with Crippen LogP contribution in [0.3, 0.4) is 0 Å². The Morgan fingerprint density at radius 2 is 1.89 bits per heavy atom. The highest BCUT2D eigenvalue weighted by molar-refractivity contribution is 5.99. The minimum Gasteiger partial charge on any atom is -0.345 e. The largest absolute Gasteiger partial charge is 0.345 e. The second-order valence-corrected chi connectivity index (χ2v) is 7.87. The van der Waals surface area contributed by atoms with Gasteiger partial charge < -0.3 is 14.8 Å². The summed E-state index contributed by atoms with van der Waals surface area (Å²) >= 11 is 0. The molecule has 0 saturated heterocycles. The van der Waals surface area contributed by atoms with Crippen LogP contribution in [0.2, 0.25) is 0 Å². The summed E-state index contributed by atoms with van der Waals surface area (Å²) in [6.07, 6.45) is 7.79. The molecule has 1 N–H and O–H groups in total. The molecular weight excluding hydrogens is 352 g/mol. The molecule has 0 bridgehead atoms. The molecule has 0 spiro atoms. The Hall–Kier alpha value is -2.63. The zero-order valence-electron chi connectivity index (χ0n) is 17.3. The summed E-state index contributed by atoms with van der Waals surface area (Å²) in [6, 6.07) is 6.12. The zero-order chi connectivity index (χ0) is 20.3. The quantitative estimate of drug-likeness (QED) is 0.849. The molecule has 1 fully saturated rings. The second kappa shape index (κ2) is 8.59. The first kappa shape index (κ1) is 20.1. The fourth-order valence-corrected chi connectivity index (χ4v) is 4.17. The molecule has 3 rings (SSSR count). The number of hydrogen-bond donors (Lipinski definition) is 1. The predicted molar refractivity (Wildman–Crippen MR) is 111 cm³/mol. The number of hydrogen-bond acceptors (Lipinski definition) is 3. The lowest BCUT2D eigenvalue weighted by Gasteiger charge is -2.26. The Balaban J connectivity index is 1.68. The maximum absolute atomic E-state index is 13.0. The Morgan fingerprint density at radius 3 is 2.57 bits per heavy atom. The van der Waals surface area contributed by atoms with Gasteiger partial charge in [0.25, 0.3) is 5.91 Å². The molecule has 28 heavy (non-hydrogen) atoms. The van der Waals surface area contributed by atoms with Crippen molar-refractivity contribution in [2.45, 2.75) is 58.9 Å². The van der Waals surface area contributed by atoms with E-state index in [1.807, 2.05) is 26.0 Å². The van der Waals surface area contributed by atoms with Gasteiger partial charge in [-0.2, -0.15) is 0 Å². The maximum atomic E-state index is 13.0. The van der Waals surface area contributed by atoms with E-state index < -0.39 is 0 Å². The predicted octanol–water partition coefficient (Wildman–Crippen LogP) is 4.02. The van der Waals surface area contributed by atoms with Crippen molar-refractivity contribution >= 4 is 17.6 Å². The lowest BCUT2D eigenvalue weighted by Crippen LogP contribution is -2.35. The van der Waals surface area contributed by atoms with Crippen LogP contribution in [0.5, 0.6) is 0 Å². The van der Waals surface area contributed by atoms with E-state index in [1.54, 1.807) is 19.3 Å². The van der Waals surface area contributed by atoms with Crippen molar-refractivity contribution < 1.29 is 9.59 Å². The number of amides is 2. The standard InChI is InChI=1S/C22H30N4O2/c1-15-10-11-23-20(12-15)24-21(27)14-25(4)22(28)19-13-16(2)26(17(19)3)18-8-6-5-7-9-18/h10-13,18H,5-9,14H2,1-4H3,(H,23,24,27). The van der Waals surface area contributed by atoms with Gasteiger partial charge in [0.1, 0.15) is 5.82 Å². The Kier molecular flexibility index (Phi) is 6.17. The number of aryl methyl sites for hydroxylation is 2. The van der Waals surface area contributed by atoms with Crippen LogP contribution in [0.4, 0.5) is 5.82 Å². The van der Waals surface area contributed by atoms with Gasteiger partial charge in [-0.05, 0) is 57.4 Å². The molecule has 0 radical (unpaired) electrons. The minimum atomic E-state index is -0.255. The molecule has 0 unspecified atom stereocenters. The molecule has 2 aromatic heterocycles. The number of aromatic nitrogens is 2. The van der Waals surface area contributed by atoms with E-state index in [0.717, 1.165) is 17.0 Å². The molecule has 2 amide bonds. The molecule has 0 atom stereocenters. The van der Waals surface area contributed by atoms with Crippen LogP contribution in [0.1, 0.15) is 65.5 Å². The Labute approximate surface area is 166 Å². The molecule has 6 nitrogen and oxygen atoms in total. The van der Waals surface area contributed by atoms with Crippen molar-refractivity contribution in [3.63, 3.8) is 0 Å². The fourth-order valence-electron chi connectivity index (χ4n) is 4.17. The third-order valence-corrected chi connectivity index (χ3v) is 5.57. The zero-order valence-corrected chi connectivity index (χ0v) is 17.3. The number of rotatable bonds is 5. The lowest BCUT2D eigenvalue weighted by atomic mass is 9.95. The van der Waals surface area contributed by atoms with Gasteiger partial charge in [-0.25, -0.2) is 4.98 Å². The highest BCUT2D eigenvalue weighted by Gasteiger charge is 2.24. The van der Waals surface area contributed by atoms with E-state index in [1.165, 1.54) is 37.0 Å². The monoisotopic (exact) mass is 382 g/mol. The SMILES string of the molecule is Cc1ccnc(NC(=O)CN(C)C(=O)c2cc(C)n(C3CCCCC3)c2C)c1. The highest BCUT2D eigenvalue weighted by atomic mass is 16.2. The second-order valence-electron chi connectivity index (χ2n) is 7.87. The van der Waals surface area contributed by atoms with Gasteiger partial charge >= 0.3 is 0 Å². The average Bonchev–Trinajstić information content (AvgIpc) is 2.95. The molecule has 0 aromatic carbocycles. The van der Waals surface area contributed by atoms with Gasteiger partial charge in [0, 0.05) is 30.7 Å². The summed E-state index contributed by atoms with van der Waals surface area (Å²) in [6.45, 7) is 6.00. The summed E-state index contributed by atoms with van der Waals surface area (Å²) in [7, 11) is 1.66. The number of likely N-dealkylation sites (N-methyl/N-ethyl adjacent to an activating group) is 1. The smallest absolute Gasteiger partial charge is 0.255 e. The van der Waals surface area contributed by atoms with E-state index in [0.29, 0.717) is 17.4 Å². The van der Waals surface area contributed by atoms with E-state index in [9.17, 15) is 9.59 Å². The number of nitrogens with one attached hydrogen (secondary N) is 1. The van der Waals surface area contributed by atoms with Crippen LogP contribution in [-0.4, -0.2) is 39.9 Å². The minimum absolute atomic E-state index is 0.0123. The first-order valence-electron chi connectivity index (χ1n) is 10.0. The van der Waals surface area contributed by atoms with Crippen molar-refractivity contribution in [1.29, 1.82) is 0 Å². The van der Waals surface area contributed by atoms with E-state index >= 15 is 0 Å². The van der Waals surface area contributed by atoms with Crippen LogP contribution in [-0.2, 0) is 4.79 Å². The summed E-state index contributed by atoms with van der Waals surface area (Å²) in [5, 5.41) is 2.75. The third kappa shape index (κ3) is 4.43. The van der Waals surface area contributed by atoms with Crippen molar-refractivity contribution in [2.75, 3.05) is 18.9 Å². The van der Waals surface area contributed by atoms with Crippen LogP contribution >= 0.6 is 0 Å². The van der Waals surface area contributed by atoms with Crippen molar-refractivity contribution in [1.82, 2.24) is 14.5 Å². The maximum Gasteiger partial charge on any atom is 0.255 e. The lowest BCUT2D eigenvalue weighted by molar-refractivity contribution is -0.116. The number of anilines is 1. The summed E-state index contributed by atoms with van der Waals surface area (Å²) in [5.74, 6) is 0.124. The fraction of sp³-hybridized carbons (Fsp3) is 0.500. The summed E-state index contributed by atoms with van der Waals surface area (Å²) in [5.41, 5.74) is 3.83. The van der Waals surface area contributed by atoms with Gasteiger partial charge in [0.15, 0.2) is 0 Å². The molecule has 1 aliphatic rings. The first-order chi connectivity index (χ1) is 13.4. The van der Waals surface area contributed by atoms with Gasteiger partial charge in [-0.15, -0.1) is 0 Å². The number of pyridine rings is 1. The summed E-state index contributed by atoms with van der Waals surface area (Å²) < 4.78 is 2.32. The molecule has 0 aliphatic heterocycles. The van der Waals surface area contributed by atoms with Gasteiger partial charge in [0.2, 0.25) is 5.91 Å². The first-order valence-corrected chi connectivity index (χ1v) is 10.0. The van der Waals surface area contributed by atoms with E-state index in [4.69, 9.17) is 0 Å². The molecule has 2 heterocycles. The van der Waals surface area contributed by atoms with Gasteiger partial charge in [-0.3, -0.25) is 9.59 Å². The molecule has 150 valence electrons. The Bertz CT molecular complexity index is 865. The van der Waals surface area contributed by atoms with E-state index in [-0.39, 0.29) is 18.4 Å². The van der Waals surface area contributed by atoms with Crippen molar-refractivity contribution in [2.24, 2.45) is 0 Å². The number of nitrogens with zero attached hydrogens (tertiary/aromatic N) is 3. The number of carbonyl (C=O) groups is 2. The molecular formula is C22H30N4O2. The van der Waals surface area contributed by atoms with Gasteiger partial charge in [-0.1, -0.05) is 19.3 Å².